The standard InChI is InChI=1S/C14H26N4O2/c1-2-15-14(20)17-13(19)10-18(8-11-5-6-11)9-12-4-3-7-16-12/h11-12,16H,2-10H2,1H3,(H2,15,17,19,20). The van der Waals surface area contributed by atoms with Crippen molar-refractivity contribution in [3.05, 3.63) is 0 Å². The Bertz CT molecular complexity index is 338. The van der Waals surface area contributed by atoms with Gasteiger partial charge in [-0.15, -0.1) is 0 Å². The van der Waals surface area contributed by atoms with Gasteiger partial charge in [-0.3, -0.25) is 15.0 Å². The predicted molar refractivity (Wildman–Crippen MR) is 77.4 cm³/mol. The average Bonchev–Trinajstić information content (AvgIpc) is 3.03. The van der Waals surface area contributed by atoms with Crippen molar-refractivity contribution in [2.75, 3.05) is 32.7 Å². The molecule has 0 aromatic rings. The largest absolute Gasteiger partial charge is 0.338 e. The van der Waals surface area contributed by atoms with Gasteiger partial charge < -0.3 is 10.6 Å². The van der Waals surface area contributed by atoms with Crippen molar-refractivity contribution in [2.45, 2.75) is 38.6 Å². The summed E-state index contributed by atoms with van der Waals surface area (Å²) < 4.78 is 0. The number of nitrogens with one attached hydrogen (secondary N) is 3. The normalized spacial score (nSPS) is 22.0. The molecule has 6 heteroatoms. The highest BCUT2D eigenvalue weighted by atomic mass is 16.2. The fourth-order valence-corrected chi connectivity index (χ4v) is 2.67. The van der Waals surface area contributed by atoms with Crippen LogP contribution in [0.5, 0.6) is 0 Å². The van der Waals surface area contributed by atoms with Crippen molar-refractivity contribution in [1.82, 2.24) is 20.9 Å². The van der Waals surface area contributed by atoms with Crippen molar-refractivity contribution in [1.29, 1.82) is 0 Å². The molecule has 1 heterocycles. The quantitative estimate of drug-likeness (QED) is 0.628. The smallest absolute Gasteiger partial charge is 0.321 e. The zero-order valence-corrected chi connectivity index (χ0v) is 12.3. The molecule has 6 nitrogen and oxygen atoms in total. The lowest BCUT2D eigenvalue weighted by Gasteiger charge is -2.24. The summed E-state index contributed by atoms with van der Waals surface area (Å²) in [6.07, 6.45) is 4.94. The molecular formula is C14H26N4O2. The van der Waals surface area contributed by atoms with Gasteiger partial charge in [0.1, 0.15) is 0 Å². The number of imide groups is 1. The minimum Gasteiger partial charge on any atom is -0.338 e. The molecule has 2 rings (SSSR count). The Balaban J connectivity index is 1.76. The van der Waals surface area contributed by atoms with Gasteiger partial charge in [-0.25, -0.2) is 4.79 Å². The van der Waals surface area contributed by atoms with Crippen LogP contribution in [0.1, 0.15) is 32.6 Å². The summed E-state index contributed by atoms with van der Waals surface area (Å²) in [4.78, 5) is 25.4. The molecule has 114 valence electrons. The van der Waals surface area contributed by atoms with Crippen LogP contribution in [0.2, 0.25) is 0 Å². The van der Waals surface area contributed by atoms with Crippen LogP contribution in [0.3, 0.4) is 0 Å². The van der Waals surface area contributed by atoms with Crippen molar-refractivity contribution >= 4 is 11.9 Å². The maximum absolute atomic E-state index is 11.9. The van der Waals surface area contributed by atoms with Crippen molar-refractivity contribution in [3.63, 3.8) is 0 Å². The second-order valence-electron chi connectivity index (χ2n) is 5.84. The van der Waals surface area contributed by atoms with E-state index in [2.05, 4.69) is 20.9 Å². The molecule has 1 unspecified atom stereocenters. The molecular weight excluding hydrogens is 256 g/mol. The van der Waals surface area contributed by atoms with Gasteiger partial charge in [0.15, 0.2) is 0 Å². The van der Waals surface area contributed by atoms with E-state index in [0.29, 0.717) is 19.1 Å². The first-order valence-corrected chi connectivity index (χ1v) is 7.70. The SMILES string of the molecule is CCNC(=O)NC(=O)CN(CC1CC1)CC1CCCN1. The number of rotatable bonds is 7. The molecule has 3 amide bonds. The number of carbonyl (C=O) groups is 2. The van der Waals surface area contributed by atoms with E-state index in [1.54, 1.807) is 0 Å². The molecule has 20 heavy (non-hydrogen) atoms. The van der Waals surface area contributed by atoms with Crippen LogP contribution in [-0.4, -0.2) is 55.6 Å². The highest BCUT2D eigenvalue weighted by molar-refractivity contribution is 5.95. The number of urea groups is 1. The van der Waals surface area contributed by atoms with Gasteiger partial charge >= 0.3 is 6.03 Å². The third-order valence-electron chi connectivity index (χ3n) is 3.81. The van der Waals surface area contributed by atoms with E-state index in [1.807, 2.05) is 6.92 Å². The highest BCUT2D eigenvalue weighted by Crippen LogP contribution is 2.29. The minimum absolute atomic E-state index is 0.213. The van der Waals surface area contributed by atoms with Gasteiger partial charge in [0.2, 0.25) is 5.91 Å². The molecule has 0 radical (unpaired) electrons. The summed E-state index contributed by atoms with van der Waals surface area (Å²) in [7, 11) is 0. The van der Waals surface area contributed by atoms with Crippen LogP contribution >= 0.6 is 0 Å². The van der Waals surface area contributed by atoms with Gasteiger partial charge in [-0.2, -0.15) is 0 Å². The first-order valence-electron chi connectivity index (χ1n) is 7.70. The minimum atomic E-state index is -0.400. The maximum atomic E-state index is 11.9. The number of nitrogens with zero attached hydrogens (tertiary/aromatic N) is 1. The third-order valence-corrected chi connectivity index (χ3v) is 3.81. The lowest BCUT2D eigenvalue weighted by atomic mass is 10.2. The van der Waals surface area contributed by atoms with Crippen LogP contribution in [0, 0.1) is 5.92 Å². The third kappa shape index (κ3) is 5.46. The molecule has 1 aliphatic carbocycles. The summed E-state index contributed by atoms with van der Waals surface area (Å²) in [6.45, 7) is 5.62. The molecule has 2 aliphatic rings. The molecule has 0 bridgehead atoms. The van der Waals surface area contributed by atoms with Crippen molar-refractivity contribution in [2.24, 2.45) is 5.92 Å². The summed E-state index contributed by atoms with van der Waals surface area (Å²) in [5.41, 5.74) is 0. The van der Waals surface area contributed by atoms with Gasteiger partial charge in [-0.1, -0.05) is 0 Å². The lowest BCUT2D eigenvalue weighted by Crippen LogP contribution is -2.47. The summed E-state index contributed by atoms with van der Waals surface area (Å²) in [6, 6.07) is 0.0916. The monoisotopic (exact) mass is 282 g/mol. The number of hydrogen-bond donors (Lipinski definition) is 3. The van der Waals surface area contributed by atoms with Crippen LogP contribution < -0.4 is 16.0 Å². The molecule has 2 fully saturated rings. The topological polar surface area (TPSA) is 73.5 Å². The Hall–Kier alpha value is -1.14. The average molecular weight is 282 g/mol. The Kier molecular flexibility index (Phi) is 5.79. The fourth-order valence-electron chi connectivity index (χ4n) is 2.67. The second-order valence-corrected chi connectivity index (χ2v) is 5.84. The van der Waals surface area contributed by atoms with Crippen LogP contribution in [-0.2, 0) is 4.79 Å². The van der Waals surface area contributed by atoms with Crippen LogP contribution in [0.25, 0.3) is 0 Å². The zero-order chi connectivity index (χ0) is 14.4. The summed E-state index contributed by atoms with van der Waals surface area (Å²) in [5.74, 6) is 0.531. The first-order chi connectivity index (χ1) is 9.67. The Morgan fingerprint density at radius 2 is 2.05 bits per heavy atom. The Morgan fingerprint density at radius 3 is 2.65 bits per heavy atom. The van der Waals surface area contributed by atoms with Gasteiger partial charge in [0.25, 0.3) is 0 Å². The number of carbonyl (C=O) groups excluding carboxylic acids is 2. The van der Waals surface area contributed by atoms with E-state index < -0.39 is 6.03 Å². The van der Waals surface area contributed by atoms with Crippen LogP contribution in [0.4, 0.5) is 4.79 Å². The fraction of sp³-hybridized carbons (Fsp3) is 0.857. The lowest BCUT2D eigenvalue weighted by molar-refractivity contribution is -0.121. The summed E-state index contributed by atoms with van der Waals surface area (Å²) in [5, 5.41) is 8.42. The molecule has 0 aromatic heterocycles. The first kappa shape index (κ1) is 15.3. The van der Waals surface area contributed by atoms with E-state index >= 15 is 0 Å². The van der Waals surface area contributed by atoms with Gasteiger partial charge in [0.05, 0.1) is 6.54 Å². The van der Waals surface area contributed by atoms with E-state index in [9.17, 15) is 9.59 Å². The highest BCUT2D eigenvalue weighted by Gasteiger charge is 2.27. The molecule has 1 saturated heterocycles. The van der Waals surface area contributed by atoms with Crippen molar-refractivity contribution in [3.8, 4) is 0 Å². The molecule has 3 N–H and O–H groups in total. The Morgan fingerprint density at radius 1 is 1.25 bits per heavy atom. The number of hydrogen-bond acceptors (Lipinski definition) is 4. The van der Waals surface area contributed by atoms with Crippen molar-refractivity contribution < 1.29 is 9.59 Å². The van der Waals surface area contributed by atoms with Gasteiger partial charge in [-0.05, 0) is 45.1 Å². The van der Waals surface area contributed by atoms with E-state index in [1.165, 1.54) is 25.7 Å². The number of amides is 3. The molecule has 1 saturated carbocycles. The maximum Gasteiger partial charge on any atom is 0.321 e. The van der Waals surface area contributed by atoms with E-state index in [-0.39, 0.29) is 5.91 Å². The zero-order valence-electron chi connectivity index (χ0n) is 12.3. The molecule has 1 atom stereocenters. The molecule has 0 spiro atoms. The van der Waals surface area contributed by atoms with E-state index in [0.717, 1.165) is 25.6 Å². The Labute approximate surface area is 120 Å². The predicted octanol–water partition coefficient (Wildman–Crippen LogP) is 0.296. The molecule has 0 aromatic carbocycles. The molecule has 1 aliphatic heterocycles. The second kappa shape index (κ2) is 7.59. The summed E-state index contributed by atoms with van der Waals surface area (Å²) >= 11 is 0. The van der Waals surface area contributed by atoms with E-state index in [4.69, 9.17) is 0 Å². The van der Waals surface area contributed by atoms with Gasteiger partial charge in [0, 0.05) is 25.7 Å². The van der Waals surface area contributed by atoms with Crippen LogP contribution in [0.15, 0.2) is 0 Å².